The summed E-state index contributed by atoms with van der Waals surface area (Å²) in [6.45, 7) is 6.01. The molecule has 0 bridgehead atoms. The fourth-order valence-electron chi connectivity index (χ4n) is 4.08. The molecule has 0 amide bonds. The van der Waals surface area contributed by atoms with Crippen molar-refractivity contribution in [2.24, 2.45) is 7.05 Å². The molecule has 0 saturated carbocycles. The smallest absolute Gasteiger partial charge is 0.146 e. The molecule has 1 aliphatic heterocycles. The zero-order chi connectivity index (χ0) is 19.0. The largest absolute Gasteiger partial charge is 0.459 e. The molecule has 6 nitrogen and oxygen atoms in total. The number of piperidine rings is 1. The van der Waals surface area contributed by atoms with E-state index in [9.17, 15) is 0 Å². The van der Waals surface area contributed by atoms with Crippen molar-refractivity contribution < 1.29 is 4.42 Å². The molecule has 0 radical (unpaired) electrons. The highest BCUT2D eigenvalue weighted by atomic mass is 16.3. The van der Waals surface area contributed by atoms with Crippen LogP contribution in [-0.2, 0) is 20.1 Å². The molecule has 2 aromatic heterocycles. The number of rotatable bonds is 5. The van der Waals surface area contributed by atoms with Crippen molar-refractivity contribution in [3.63, 3.8) is 0 Å². The first kappa shape index (κ1) is 18.2. The van der Waals surface area contributed by atoms with Gasteiger partial charge in [-0.3, -0.25) is 4.90 Å². The summed E-state index contributed by atoms with van der Waals surface area (Å²) in [6.07, 6.45) is 2.24. The Balaban J connectivity index is 1.40. The number of benzene rings is 1. The van der Waals surface area contributed by atoms with E-state index in [0.29, 0.717) is 5.92 Å². The quantitative estimate of drug-likeness (QED) is 0.692. The summed E-state index contributed by atoms with van der Waals surface area (Å²) in [5, 5.41) is 10.1. The van der Waals surface area contributed by atoms with Crippen molar-refractivity contribution in [2.45, 2.75) is 38.8 Å². The first-order valence-corrected chi connectivity index (χ1v) is 9.75. The molecule has 3 aromatic rings. The Labute approximate surface area is 160 Å². The lowest BCUT2D eigenvalue weighted by Gasteiger charge is -2.31. The van der Waals surface area contributed by atoms with Gasteiger partial charge in [0.25, 0.3) is 0 Å². The third-order valence-electron chi connectivity index (χ3n) is 5.72. The zero-order valence-electron chi connectivity index (χ0n) is 16.8. The van der Waals surface area contributed by atoms with Crippen LogP contribution in [0.1, 0.15) is 41.7 Å². The first-order chi connectivity index (χ1) is 13.0. The van der Waals surface area contributed by atoms with Gasteiger partial charge in [-0.25, -0.2) is 0 Å². The Hall–Kier alpha value is -2.18. The molecule has 1 saturated heterocycles. The van der Waals surface area contributed by atoms with Gasteiger partial charge in [-0.1, -0.05) is 18.2 Å². The fraction of sp³-hybridized carbons (Fsp3) is 0.524. The molecular weight excluding hydrogens is 338 g/mol. The minimum absolute atomic E-state index is 0.492. The Morgan fingerprint density at radius 1 is 1.15 bits per heavy atom. The van der Waals surface area contributed by atoms with Gasteiger partial charge in [0.1, 0.15) is 23.0 Å². The molecule has 144 valence electrons. The standard InChI is InChI=1S/C21H29N5O/c1-15-17-7-5-6-8-18(17)27-19(15)13-26-11-9-16(10-12-26)21-23-22-20(25(21)4)14-24(2)3/h5-8,16H,9-14H2,1-4H3. The number of fused-ring (bicyclic) bond motifs is 1. The predicted octanol–water partition coefficient (Wildman–Crippen LogP) is 3.31. The molecule has 0 unspecified atom stereocenters. The third kappa shape index (κ3) is 3.64. The summed E-state index contributed by atoms with van der Waals surface area (Å²) in [5.41, 5.74) is 2.27. The first-order valence-electron chi connectivity index (χ1n) is 9.75. The maximum Gasteiger partial charge on any atom is 0.146 e. The number of aromatic nitrogens is 3. The molecule has 1 aliphatic rings. The van der Waals surface area contributed by atoms with Gasteiger partial charge >= 0.3 is 0 Å². The lowest BCUT2D eigenvalue weighted by Crippen LogP contribution is -2.33. The van der Waals surface area contributed by atoms with Gasteiger partial charge in [-0.2, -0.15) is 0 Å². The van der Waals surface area contributed by atoms with E-state index in [2.05, 4.69) is 70.8 Å². The Bertz CT molecular complexity index is 918. The Kier molecular flexibility index (Phi) is 5.02. The fourth-order valence-corrected chi connectivity index (χ4v) is 4.08. The molecule has 27 heavy (non-hydrogen) atoms. The van der Waals surface area contributed by atoms with E-state index in [1.807, 2.05) is 6.07 Å². The van der Waals surface area contributed by atoms with Crippen LogP contribution in [0.3, 0.4) is 0 Å². The summed E-state index contributed by atoms with van der Waals surface area (Å²) < 4.78 is 8.28. The number of aryl methyl sites for hydroxylation is 1. The molecule has 4 rings (SSSR count). The van der Waals surface area contributed by atoms with E-state index in [-0.39, 0.29) is 0 Å². The van der Waals surface area contributed by atoms with Gasteiger partial charge in [0.2, 0.25) is 0 Å². The normalized spacial score (nSPS) is 16.6. The van der Waals surface area contributed by atoms with Crippen molar-refractivity contribution in [1.82, 2.24) is 24.6 Å². The van der Waals surface area contributed by atoms with E-state index < -0.39 is 0 Å². The molecular formula is C21H29N5O. The summed E-state index contributed by atoms with van der Waals surface area (Å²) in [4.78, 5) is 4.63. The van der Waals surface area contributed by atoms with Crippen LogP contribution in [0, 0.1) is 6.92 Å². The lowest BCUT2D eigenvalue weighted by molar-refractivity contribution is 0.188. The lowest BCUT2D eigenvalue weighted by atomic mass is 9.95. The number of likely N-dealkylation sites (tertiary alicyclic amines) is 1. The van der Waals surface area contributed by atoms with Crippen LogP contribution < -0.4 is 0 Å². The average molecular weight is 367 g/mol. The van der Waals surface area contributed by atoms with Crippen LogP contribution in [0.15, 0.2) is 28.7 Å². The second kappa shape index (κ2) is 7.44. The second-order valence-electron chi connectivity index (χ2n) is 7.97. The van der Waals surface area contributed by atoms with Crippen molar-refractivity contribution in [1.29, 1.82) is 0 Å². The summed E-state index contributed by atoms with van der Waals surface area (Å²) in [5.74, 6) is 3.76. The van der Waals surface area contributed by atoms with Crippen LogP contribution in [0.25, 0.3) is 11.0 Å². The monoisotopic (exact) mass is 367 g/mol. The molecule has 0 spiro atoms. The molecule has 0 atom stereocenters. The van der Waals surface area contributed by atoms with Gasteiger partial charge in [-0.15, -0.1) is 10.2 Å². The summed E-state index contributed by atoms with van der Waals surface area (Å²) in [7, 11) is 6.22. The maximum atomic E-state index is 6.10. The number of hydrogen-bond donors (Lipinski definition) is 0. The van der Waals surface area contributed by atoms with Crippen LogP contribution in [-0.4, -0.2) is 51.7 Å². The van der Waals surface area contributed by atoms with E-state index in [4.69, 9.17) is 4.42 Å². The highest BCUT2D eigenvalue weighted by Crippen LogP contribution is 2.30. The zero-order valence-corrected chi connectivity index (χ0v) is 16.8. The Morgan fingerprint density at radius 3 is 2.59 bits per heavy atom. The second-order valence-corrected chi connectivity index (χ2v) is 7.97. The van der Waals surface area contributed by atoms with Crippen LogP contribution in [0.4, 0.5) is 0 Å². The molecule has 1 aromatic carbocycles. The minimum atomic E-state index is 0.492. The third-order valence-corrected chi connectivity index (χ3v) is 5.72. The van der Waals surface area contributed by atoms with E-state index in [1.54, 1.807) is 0 Å². The van der Waals surface area contributed by atoms with Crippen molar-refractivity contribution in [3.8, 4) is 0 Å². The SMILES string of the molecule is Cc1c(CN2CCC(c3nnc(CN(C)C)n3C)CC2)oc2ccccc12. The van der Waals surface area contributed by atoms with Gasteiger partial charge in [0.05, 0.1) is 13.1 Å². The van der Waals surface area contributed by atoms with E-state index in [1.165, 1.54) is 10.9 Å². The van der Waals surface area contributed by atoms with Crippen LogP contribution >= 0.6 is 0 Å². The highest BCUT2D eigenvalue weighted by molar-refractivity contribution is 5.81. The average Bonchev–Trinajstić information content (AvgIpc) is 3.16. The summed E-state index contributed by atoms with van der Waals surface area (Å²) >= 11 is 0. The molecule has 1 fully saturated rings. The molecule has 3 heterocycles. The topological polar surface area (TPSA) is 50.3 Å². The molecule has 0 N–H and O–H groups in total. The predicted molar refractivity (Wildman–Crippen MR) is 107 cm³/mol. The van der Waals surface area contributed by atoms with Gasteiger partial charge in [0.15, 0.2) is 0 Å². The van der Waals surface area contributed by atoms with Crippen LogP contribution in [0.5, 0.6) is 0 Å². The number of nitrogens with zero attached hydrogens (tertiary/aromatic N) is 5. The minimum Gasteiger partial charge on any atom is -0.459 e. The maximum absolute atomic E-state index is 6.10. The molecule has 0 aliphatic carbocycles. The van der Waals surface area contributed by atoms with Crippen molar-refractivity contribution >= 4 is 11.0 Å². The van der Waals surface area contributed by atoms with Crippen molar-refractivity contribution in [2.75, 3.05) is 27.2 Å². The van der Waals surface area contributed by atoms with E-state index >= 15 is 0 Å². The van der Waals surface area contributed by atoms with Crippen LogP contribution in [0.2, 0.25) is 0 Å². The Morgan fingerprint density at radius 2 is 1.89 bits per heavy atom. The van der Waals surface area contributed by atoms with Crippen molar-refractivity contribution in [3.05, 3.63) is 47.2 Å². The number of para-hydroxylation sites is 1. The van der Waals surface area contributed by atoms with Gasteiger partial charge < -0.3 is 13.9 Å². The van der Waals surface area contributed by atoms with Gasteiger partial charge in [-0.05, 0) is 58.6 Å². The highest BCUT2D eigenvalue weighted by Gasteiger charge is 2.26. The van der Waals surface area contributed by atoms with E-state index in [0.717, 1.165) is 62.0 Å². The number of furan rings is 1. The van der Waals surface area contributed by atoms with Gasteiger partial charge in [0, 0.05) is 18.4 Å². The summed E-state index contributed by atoms with van der Waals surface area (Å²) in [6, 6.07) is 8.30. The number of hydrogen-bond acceptors (Lipinski definition) is 5. The molecule has 6 heteroatoms.